The fraction of sp³-hybridized carbons (Fsp3) is 0.474. The summed E-state index contributed by atoms with van der Waals surface area (Å²) in [6.45, 7) is 1.97. The Morgan fingerprint density at radius 3 is 2.30 bits per heavy atom. The number of aromatic hydroxyl groups is 1. The van der Waals surface area contributed by atoms with E-state index in [1.54, 1.807) is 14.2 Å². The SMILES string of the molecule is COc1cc(OC)cc(C(c2sc3ncnn3c2O)N2CCCCCC2)c1. The molecule has 1 saturated heterocycles. The lowest BCUT2D eigenvalue weighted by Crippen LogP contribution is -2.30. The molecule has 2 aromatic heterocycles. The van der Waals surface area contributed by atoms with Gasteiger partial charge in [0.05, 0.1) is 25.1 Å². The molecule has 4 rings (SSSR count). The Balaban J connectivity index is 1.85. The number of hydrogen-bond donors (Lipinski definition) is 1. The van der Waals surface area contributed by atoms with Crippen molar-refractivity contribution in [2.45, 2.75) is 31.7 Å². The lowest BCUT2D eigenvalue weighted by atomic mass is 10.0. The Bertz CT molecular complexity index is 893. The van der Waals surface area contributed by atoms with E-state index < -0.39 is 0 Å². The lowest BCUT2D eigenvalue weighted by molar-refractivity contribution is 0.232. The number of fused-ring (bicyclic) bond motifs is 1. The summed E-state index contributed by atoms with van der Waals surface area (Å²) in [4.78, 5) is 8.23. The Morgan fingerprint density at radius 2 is 1.70 bits per heavy atom. The van der Waals surface area contributed by atoms with Crippen molar-refractivity contribution < 1.29 is 14.6 Å². The van der Waals surface area contributed by atoms with Crippen LogP contribution in [0.5, 0.6) is 17.4 Å². The van der Waals surface area contributed by atoms with Gasteiger partial charge in [0, 0.05) is 6.07 Å². The van der Waals surface area contributed by atoms with E-state index >= 15 is 0 Å². The third-order valence-electron chi connectivity index (χ3n) is 5.08. The van der Waals surface area contributed by atoms with Crippen molar-refractivity contribution in [3.63, 3.8) is 0 Å². The number of rotatable bonds is 5. The standard InChI is InChI=1S/C19H24N4O3S/c1-25-14-9-13(10-15(11-14)26-2)16(22-7-5-3-4-6-8-22)17-18(24)23-19(27-17)20-12-21-23/h9-12,16,24H,3-8H2,1-2H3. The maximum atomic E-state index is 10.8. The average Bonchev–Trinajstić information content (AvgIpc) is 3.15. The van der Waals surface area contributed by atoms with Gasteiger partial charge in [-0.3, -0.25) is 4.90 Å². The van der Waals surface area contributed by atoms with Crippen molar-refractivity contribution >= 4 is 16.3 Å². The second-order valence-corrected chi connectivity index (χ2v) is 7.75. The minimum atomic E-state index is -0.0967. The van der Waals surface area contributed by atoms with Crippen LogP contribution in [0.25, 0.3) is 4.96 Å². The number of aromatic nitrogens is 3. The Hall–Kier alpha value is -2.32. The number of nitrogens with zero attached hydrogens (tertiary/aromatic N) is 4. The maximum absolute atomic E-state index is 10.8. The van der Waals surface area contributed by atoms with E-state index in [-0.39, 0.29) is 11.9 Å². The van der Waals surface area contributed by atoms with Crippen LogP contribution in [-0.4, -0.2) is 51.9 Å². The van der Waals surface area contributed by atoms with E-state index in [0.29, 0.717) is 4.96 Å². The first kappa shape index (κ1) is 18.1. The molecule has 1 aliphatic rings. The average molecular weight is 388 g/mol. The normalized spacial score (nSPS) is 17.0. The van der Waals surface area contributed by atoms with Crippen LogP contribution in [0, 0.1) is 0 Å². The number of thiazole rings is 1. The summed E-state index contributed by atoms with van der Waals surface area (Å²) in [7, 11) is 3.31. The van der Waals surface area contributed by atoms with Crippen molar-refractivity contribution in [2.75, 3.05) is 27.3 Å². The second kappa shape index (κ2) is 7.74. The van der Waals surface area contributed by atoms with Crippen molar-refractivity contribution in [1.29, 1.82) is 0 Å². The first-order valence-corrected chi connectivity index (χ1v) is 10.0. The molecule has 0 amide bonds. The molecule has 3 aromatic rings. The Kier molecular flexibility index (Phi) is 5.18. The molecule has 1 atom stereocenters. The predicted molar refractivity (Wildman–Crippen MR) is 104 cm³/mol. The minimum absolute atomic E-state index is 0.0967. The zero-order valence-corrected chi connectivity index (χ0v) is 16.4. The van der Waals surface area contributed by atoms with Crippen LogP contribution in [0.4, 0.5) is 0 Å². The maximum Gasteiger partial charge on any atom is 0.230 e. The molecule has 0 radical (unpaired) electrons. The highest BCUT2D eigenvalue weighted by Crippen LogP contribution is 2.42. The van der Waals surface area contributed by atoms with Crippen molar-refractivity contribution in [3.8, 4) is 17.4 Å². The van der Waals surface area contributed by atoms with Crippen molar-refractivity contribution in [1.82, 2.24) is 19.5 Å². The molecule has 3 heterocycles. The van der Waals surface area contributed by atoms with Crippen LogP contribution in [-0.2, 0) is 0 Å². The summed E-state index contributed by atoms with van der Waals surface area (Å²) in [5.74, 6) is 1.63. The van der Waals surface area contributed by atoms with E-state index in [2.05, 4.69) is 15.0 Å². The summed E-state index contributed by atoms with van der Waals surface area (Å²) < 4.78 is 12.5. The van der Waals surface area contributed by atoms with Crippen LogP contribution in [0.15, 0.2) is 24.5 Å². The van der Waals surface area contributed by atoms with Gasteiger partial charge in [0.15, 0.2) is 0 Å². The molecule has 7 nitrogen and oxygen atoms in total. The molecule has 1 fully saturated rings. The van der Waals surface area contributed by atoms with Crippen LogP contribution in [0.3, 0.4) is 0 Å². The zero-order chi connectivity index (χ0) is 18.8. The highest BCUT2D eigenvalue weighted by molar-refractivity contribution is 7.17. The molecule has 1 N–H and O–H groups in total. The summed E-state index contributed by atoms with van der Waals surface area (Å²) in [5, 5.41) is 15.0. The highest BCUT2D eigenvalue weighted by Gasteiger charge is 2.30. The van der Waals surface area contributed by atoms with Crippen LogP contribution >= 0.6 is 11.3 Å². The predicted octanol–water partition coefficient (Wildman–Crippen LogP) is 3.48. The monoisotopic (exact) mass is 388 g/mol. The topological polar surface area (TPSA) is 72.1 Å². The minimum Gasteiger partial charge on any atom is -0.497 e. The number of methoxy groups -OCH3 is 2. The van der Waals surface area contributed by atoms with E-state index in [1.807, 2.05) is 18.2 Å². The molecule has 27 heavy (non-hydrogen) atoms. The molecular weight excluding hydrogens is 364 g/mol. The smallest absolute Gasteiger partial charge is 0.230 e. The lowest BCUT2D eigenvalue weighted by Gasteiger charge is -2.30. The summed E-state index contributed by atoms with van der Waals surface area (Å²) >= 11 is 1.48. The summed E-state index contributed by atoms with van der Waals surface area (Å²) in [6, 6.07) is 5.81. The molecule has 1 aliphatic heterocycles. The van der Waals surface area contributed by atoms with Gasteiger partial charge in [-0.05, 0) is 43.6 Å². The highest BCUT2D eigenvalue weighted by atomic mass is 32.1. The first-order valence-electron chi connectivity index (χ1n) is 9.19. The zero-order valence-electron chi connectivity index (χ0n) is 15.6. The Morgan fingerprint density at radius 1 is 1.04 bits per heavy atom. The van der Waals surface area contributed by atoms with Crippen LogP contribution in [0.2, 0.25) is 0 Å². The largest absolute Gasteiger partial charge is 0.497 e. The first-order chi connectivity index (χ1) is 13.2. The fourth-order valence-electron chi connectivity index (χ4n) is 3.74. The van der Waals surface area contributed by atoms with E-state index in [0.717, 1.165) is 47.9 Å². The van der Waals surface area contributed by atoms with E-state index in [9.17, 15) is 5.11 Å². The third-order valence-corrected chi connectivity index (χ3v) is 6.17. The molecule has 0 bridgehead atoms. The third kappa shape index (κ3) is 3.46. The van der Waals surface area contributed by atoms with E-state index in [1.165, 1.54) is 35.0 Å². The van der Waals surface area contributed by atoms with Crippen molar-refractivity contribution in [3.05, 3.63) is 35.0 Å². The molecule has 1 unspecified atom stereocenters. The van der Waals surface area contributed by atoms with Gasteiger partial charge in [-0.25, -0.2) is 4.98 Å². The summed E-state index contributed by atoms with van der Waals surface area (Å²) in [6.07, 6.45) is 6.25. The van der Waals surface area contributed by atoms with Crippen molar-refractivity contribution in [2.24, 2.45) is 0 Å². The van der Waals surface area contributed by atoms with Gasteiger partial charge in [0.1, 0.15) is 17.8 Å². The molecule has 8 heteroatoms. The number of ether oxygens (including phenoxy) is 2. The van der Waals surface area contributed by atoms with Gasteiger partial charge >= 0.3 is 0 Å². The van der Waals surface area contributed by atoms with Gasteiger partial charge < -0.3 is 14.6 Å². The fourth-order valence-corrected chi connectivity index (χ4v) is 4.83. The quantitative estimate of drug-likeness (QED) is 0.721. The molecular formula is C19H24N4O3S. The second-order valence-electron chi connectivity index (χ2n) is 6.74. The molecule has 1 aromatic carbocycles. The number of hydrogen-bond acceptors (Lipinski definition) is 7. The van der Waals surface area contributed by atoms with Gasteiger partial charge in [0.25, 0.3) is 0 Å². The van der Waals surface area contributed by atoms with Gasteiger partial charge in [-0.1, -0.05) is 24.2 Å². The van der Waals surface area contributed by atoms with E-state index in [4.69, 9.17) is 9.47 Å². The van der Waals surface area contributed by atoms with Gasteiger partial charge in [0.2, 0.25) is 10.8 Å². The number of likely N-dealkylation sites (tertiary alicyclic amines) is 1. The van der Waals surface area contributed by atoms with Gasteiger partial charge in [-0.15, -0.1) is 0 Å². The van der Waals surface area contributed by atoms with Crippen LogP contribution < -0.4 is 9.47 Å². The Labute approximate surface area is 162 Å². The summed E-state index contributed by atoms with van der Waals surface area (Å²) in [5.41, 5.74) is 1.04. The number of benzene rings is 1. The van der Waals surface area contributed by atoms with Crippen LogP contribution in [0.1, 0.15) is 42.2 Å². The van der Waals surface area contributed by atoms with Gasteiger partial charge in [-0.2, -0.15) is 9.61 Å². The molecule has 0 aliphatic carbocycles. The molecule has 144 valence electrons. The molecule has 0 spiro atoms. The molecule has 0 saturated carbocycles.